The molecule has 0 saturated heterocycles. The number of rotatable bonds is 7. The van der Waals surface area contributed by atoms with Crippen molar-refractivity contribution < 1.29 is 4.74 Å². The van der Waals surface area contributed by atoms with E-state index in [0.717, 1.165) is 29.6 Å². The predicted octanol–water partition coefficient (Wildman–Crippen LogP) is 5.32. The Morgan fingerprint density at radius 3 is 2.45 bits per heavy atom. The van der Waals surface area contributed by atoms with Crippen molar-refractivity contribution in [3.63, 3.8) is 0 Å². The maximum absolute atomic E-state index is 5.55. The number of halogens is 1. The summed E-state index contributed by atoms with van der Waals surface area (Å²) in [7, 11) is 0. The lowest BCUT2D eigenvalue weighted by Crippen LogP contribution is -2.26. The van der Waals surface area contributed by atoms with E-state index in [1.165, 1.54) is 5.56 Å². The highest BCUT2D eigenvalue weighted by Crippen LogP contribution is 2.34. The molecular formula is C17H28BrNO. The van der Waals surface area contributed by atoms with Crippen molar-refractivity contribution in [1.82, 2.24) is 5.32 Å². The van der Waals surface area contributed by atoms with E-state index < -0.39 is 0 Å². The molecule has 1 unspecified atom stereocenters. The Morgan fingerprint density at radius 1 is 1.25 bits per heavy atom. The van der Waals surface area contributed by atoms with Crippen LogP contribution in [0.1, 0.15) is 59.1 Å². The van der Waals surface area contributed by atoms with Gasteiger partial charge in [0.25, 0.3) is 0 Å². The molecule has 1 N–H and O–H groups in total. The topological polar surface area (TPSA) is 21.3 Å². The molecule has 0 heterocycles. The number of hydrogen-bond acceptors (Lipinski definition) is 2. The summed E-state index contributed by atoms with van der Waals surface area (Å²) in [6.07, 6.45) is 2.26. The fourth-order valence-electron chi connectivity index (χ4n) is 2.27. The lowest BCUT2D eigenvalue weighted by Gasteiger charge is -2.28. The summed E-state index contributed by atoms with van der Waals surface area (Å²) >= 11 is 3.70. The van der Waals surface area contributed by atoms with Crippen LogP contribution in [-0.2, 0) is 0 Å². The van der Waals surface area contributed by atoms with Crippen molar-refractivity contribution in [2.24, 2.45) is 5.41 Å². The molecule has 0 aliphatic carbocycles. The van der Waals surface area contributed by atoms with E-state index in [9.17, 15) is 0 Å². The van der Waals surface area contributed by atoms with Crippen LogP contribution in [0, 0.1) is 5.41 Å². The molecule has 2 nitrogen and oxygen atoms in total. The van der Waals surface area contributed by atoms with Crippen LogP contribution in [0.3, 0.4) is 0 Å². The number of ether oxygens (including phenoxy) is 1. The number of benzene rings is 1. The highest BCUT2D eigenvalue weighted by atomic mass is 79.9. The molecule has 1 aromatic rings. The van der Waals surface area contributed by atoms with E-state index in [1.807, 2.05) is 6.92 Å². The molecule has 3 heteroatoms. The minimum Gasteiger partial charge on any atom is -0.494 e. The molecule has 1 rings (SSSR count). The highest BCUT2D eigenvalue weighted by molar-refractivity contribution is 9.10. The molecule has 0 aliphatic heterocycles. The lowest BCUT2D eigenvalue weighted by atomic mass is 9.85. The Kier molecular flexibility index (Phi) is 7.04. The summed E-state index contributed by atoms with van der Waals surface area (Å²) in [5.74, 6) is 0.924. The van der Waals surface area contributed by atoms with Gasteiger partial charge in [-0.05, 0) is 49.4 Å². The molecule has 20 heavy (non-hydrogen) atoms. The Morgan fingerprint density at radius 2 is 1.95 bits per heavy atom. The second-order valence-corrected chi connectivity index (χ2v) is 7.24. The molecule has 0 bridgehead atoms. The van der Waals surface area contributed by atoms with Crippen molar-refractivity contribution in [3.8, 4) is 5.75 Å². The van der Waals surface area contributed by atoms with Crippen molar-refractivity contribution in [1.29, 1.82) is 0 Å². The maximum Gasteiger partial charge on any atom is 0.120 e. The van der Waals surface area contributed by atoms with Crippen LogP contribution in [0.15, 0.2) is 22.7 Å². The van der Waals surface area contributed by atoms with Gasteiger partial charge >= 0.3 is 0 Å². The van der Waals surface area contributed by atoms with Gasteiger partial charge in [-0.25, -0.2) is 0 Å². The van der Waals surface area contributed by atoms with Crippen molar-refractivity contribution in [2.75, 3.05) is 13.2 Å². The lowest BCUT2D eigenvalue weighted by molar-refractivity contribution is 0.310. The highest BCUT2D eigenvalue weighted by Gasteiger charge is 2.21. The first-order chi connectivity index (χ1) is 9.37. The summed E-state index contributed by atoms with van der Waals surface area (Å²) in [6, 6.07) is 6.68. The summed E-state index contributed by atoms with van der Waals surface area (Å²) in [5, 5.41) is 3.66. The first kappa shape index (κ1) is 17.5. The standard InChI is InChI=1S/C17H28BrNO/c1-6-10-19-16(12-17(3,4)5)14-9-8-13(20-7-2)11-15(14)18/h8-9,11,16,19H,6-7,10,12H2,1-5H3. The van der Waals surface area contributed by atoms with Gasteiger partial charge in [0.15, 0.2) is 0 Å². The van der Waals surface area contributed by atoms with Crippen molar-refractivity contribution in [3.05, 3.63) is 28.2 Å². The van der Waals surface area contributed by atoms with Gasteiger partial charge < -0.3 is 10.1 Å². The van der Waals surface area contributed by atoms with Crippen molar-refractivity contribution in [2.45, 2.75) is 53.5 Å². The quantitative estimate of drug-likeness (QED) is 0.724. The molecule has 114 valence electrons. The van der Waals surface area contributed by atoms with Gasteiger partial charge in [-0.3, -0.25) is 0 Å². The van der Waals surface area contributed by atoms with Gasteiger partial charge in [-0.1, -0.05) is 49.7 Å². The summed E-state index contributed by atoms with van der Waals surface area (Å²) in [6.45, 7) is 12.8. The molecule has 0 saturated carbocycles. The average molecular weight is 342 g/mol. The van der Waals surface area contributed by atoms with Gasteiger partial charge in [0.1, 0.15) is 5.75 Å². The molecule has 0 fully saturated rings. The van der Waals surface area contributed by atoms with Gasteiger partial charge in [-0.15, -0.1) is 0 Å². The van der Waals surface area contributed by atoms with Crippen LogP contribution in [0.5, 0.6) is 5.75 Å². The van der Waals surface area contributed by atoms with Crippen LogP contribution >= 0.6 is 15.9 Å². The van der Waals surface area contributed by atoms with Gasteiger partial charge in [0, 0.05) is 10.5 Å². The molecule has 1 atom stereocenters. The molecule has 0 radical (unpaired) electrons. The van der Waals surface area contributed by atoms with Gasteiger partial charge in [0.05, 0.1) is 6.61 Å². The zero-order chi connectivity index (χ0) is 15.2. The van der Waals surface area contributed by atoms with Crippen LogP contribution in [0.4, 0.5) is 0 Å². The summed E-state index contributed by atoms with van der Waals surface area (Å²) in [4.78, 5) is 0. The van der Waals surface area contributed by atoms with Crippen LogP contribution < -0.4 is 10.1 Å². The Bertz CT molecular complexity index is 412. The summed E-state index contributed by atoms with van der Waals surface area (Å²) < 4.78 is 6.68. The second kappa shape index (κ2) is 8.04. The van der Waals surface area contributed by atoms with Crippen LogP contribution in [-0.4, -0.2) is 13.2 Å². The average Bonchev–Trinajstić information content (AvgIpc) is 2.34. The third kappa shape index (κ3) is 5.84. The largest absolute Gasteiger partial charge is 0.494 e. The first-order valence-corrected chi connectivity index (χ1v) is 8.32. The van der Waals surface area contributed by atoms with E-state index in [4.69, 9.17) is 4.74 Å². The minimum absolute atomic E-state index is 0.295. The zero-order valence-electron chi connectivity index (χ0n) is 13.4. The molecule has 0 amide bonds. The molecule has 1 aromatic carbocycles. The molecular weight excluding hydrogens is 314 g/mol. The van der Waals surface area contributed by atoms with Gasteiger partial charge in [-0.2, -0.15) is 0 Å². The smallest absolute Gasteiger partial charge is 0.120 e. The molecule has 0 spiro atoms. The monoisotopic (exact) mass is 341 g/mol. The van der Waals surface area contributed by atoms with E-state index in [2.05, 4.69) is 67.1 Å². The normalized spacial score (nSPS) is 13.3. The van der Waals surface area contributed by atoms with Crippen LogP contribution in [0.2, 0.25) is 0 Å². The first-order valence-electron chi connectivity index (χ1n) is 7.53. The minimum atomic E-state index is 0.295. The fourth-order valence-corrected chi connectivity index (χ4v) is 2.90. The third-order valence-corrected chi connectivity index (χ3v) is 3.80. The maximum atomic E-state index is 5.55. The molecule has 0 aliphatic rings. The summed E-state index contributed by atoms with van der Waals surface area (Å²) in [5.41, 5.74) is 1.61. The fraction of sp³-hybridized carbons (Fsp3) is 0.647. The number of hydrogen-bond donors (Lipinski definition) is 1. The second-order valence-electron chi connectivity index (χ2n) is 6.39. The third-order valence-electron chi connectivity index (χ3n) is 3.12. The van der Waals surface area contributed by atoms with E-state index in [0.29, 0.717) is 18.1 Å². The van der Waals surface area contributed by atoms with Crippen LogP contribution in [0.25, 0.3) is 0 Å². The van der Waals surface area contributed by atoms with E-state index in [-0.39, 0.29) is 0 Å². The van der Waals surface area contributed by atoms with Crippen molar-refractivity contribution >= 4 is 15.9 Å². The zero-order valence-corrected chi connectivity index (χ0v) is 15.0. The Hall–Kier alpha value is -0.540. The predicted molar refractivity (Wildman–Crippen MR) is 90.4 cm³/mol. The Labute approximate surface area is 132 Å². The van der Waals surface area contributed by atoms with E-state index in [1.54, 1.807) is 0 Å². The van der Waals surface area contributed by atoms with Gasteiger partial charge in [0.2, 0.25) is 0 Å². The Balaban J connectivity index is 2.94. The van der Waals surface area contributed by atoms with E-state index >= 15 is 0 Å². The SMILES string of the molecule is CCCNC(CC(C)(C)C)c1ccc(OCC)cc1Br. The number of nitrogens with one attached hydrogen (secondary N) is 1. The molecule has 0 aromatic heterocycles.